The van der Waals surface area contributed by atoms with E-state index in [9.17, 15) is 4.39 Å². The molecular formula is C18H29FN2O. The Morgan fingerprint density at radius 3 is 2.64 bits per heavy atom. The number of rotatable bonds is 7. The van der Waals surface area contributed by atoms with Crippen LogP contribution in [0.3, 0.4) is 0 Å². The maximum absolute atomic E-state index is 13.7. The van der Waals surface area contributed by atoms with Crippen molar-refractivity contribution in [3.63, 3.8) is 0 Å². The Labute approximate surface area is 133 Å². The minimum atomic E-state index is -0.208. The molecule has 1 heterocycles. The van der Waals surface area contributed by atoms with E-state index in [1.165, 1.54) is 19.0 Å². The van der Waals surface area contributed by atoms with Gasteiger partial charge in [-0.15, -0.1) is 0 Å². The zero-order chi connectivity index (χ0) is 15.9. The summed E-state index contributed by atoms with van der Waals surface area (Å²) < 4.78 is 19.4. The van der Waals surface area contributed by atoms with E-state index in [1.807, 2.05) is 6.92 Å². The lowest BCUT2D eigenvalue weighted by molar-refractivity contribution is 0.168. The fourth-order valence-corrected chi connectivity index (χ4v) is 3.56. The van der Waals surface area contributed by atoms with Gasteiger partial charge in [-0.3, -0.25) is 0 Å². The van der Waals surface area contributed by atoms with Crippen molar-refractivity contribution in [1.82, 2.24) is 4.90 Å². The van der Waals surface area contributed by atoms with E-state index in [4.69, 9.17) is 10.5 Å². The Bertz CT molecular complexity index is 458. The van der Waals surface area contributed by atoms with Crippen molar-refractivity contribution in [3.05, 3.63) is 29.6 Å². The average molecular weight is 308 g/mol. The highest BCUT2D eigenvalue weighted by Crippen LogP contribution is 2.37. The SMILES string of the molecule is CCCN1CCC(C(CN)c2cc(F)ccc2OCC)CC1. The van der Waals surface area contributed by atoms with Gasteiger partial charge in [-0.25, -0.2) is 4.39 Å². The van der Waals surface area contributed by atoms with Gasteiger partial charge in [0.05, 0.1) is 6.61 Å². The largest absolute Gasteiger partial charge is 0.494 e. The van der Waals surface area contributed by atoms with Gasteiger partial charge in [0.2, 0.25) is 0 Å². The molecule has 0 spiro atoms. The first-order chi connectivity index (χ1) is 10.7. The summed E-state index contributed by atoms with van der Waals surface area (Å²) in [5.74, 6) is 1.27. The molecule has 22 heavy (non-hydrogen) atoms. The third-order valence-corrected chi connectivity index (χ3v) is 4.67. The first-order valence-electron chi connectivity index (χ1n) is 8.54. The number of halogens is 1. The molecular weight excluding hydrogens is 279 g/mol. The van der Waals surface area contributed by atoms with Crippen molar-refractivity contribution in [2.24, 2.45) is 11.7 Å². The van der Waals surface area contributed by atoms with Gasteiger partial charge in [0, 0.05) is 11.5 Å². The summed E-state index contributed by atoms with van der Waals surface area (Å²) in [7, 11) is 0. The Kier molecular flexibility index (Phi) is 6.65. The van der Waals surface area contributed by atoms with Crippen molar-refractivity contribution in [2.45, 2.75) is 39.0 Å². The van der Waals surface area contributed by atoms with E-state index < -0.39 is 0 Å². The number of nitrogens with two attached hydrogens (primary N) is 1. The van der Waals surface area contributed by atoms with Crippen LogP contribution in [-0.2, 0) is 0 Å². The van der Waals surface area contributed by atoms with Crippen LogP contribution in [-0.4, -0.2) is 37.7 Å². The fraction of sp³-hybridized carbons (Fsp3) is 0.667. The maximum Gasteiger partial charge on any atom is 0.123 e. The minimum Gasteiger partial charge on any atom is -0.494 e. The highest BCUT2D eigenvalue weighted by Gasteiger charge is 2.28. The van der Waals surface area contributed by atoms with Crippen LogP contribution >= 0.6 is 0 Å². The summed E-state index contributed by atoms with van der Waals surface area (Å²) in [6, 6.07) is 4.82. The maximum atomic E-state index is 13.7. The predicted molar refractivity (Wildman–Crippen MR) is 88.8 cm³/mol. The van der Waals surface area contributed by atoms with Gasteiger partial charge in [-0.05, 0) is 76.5 Å². The van der Waals surface area contributed by atoms with E-state index in [-0.39, 0.29) is 11.7 Å². The Hall–Kier alpha value is -1.13. The molecule has 1 unspecified atom stereocenters. The average Bonchev–Trinajstić information content (AvgIpc) is 2.53. The lowest BCUT2D eigenvalue weighted by atomic mass is 9.79. The lowest BCUT2D eigenvalue weighted by Gasteiger charge is -2.36. The summed E-state index contributed by atoms with van der Waals surface area (Å²) in [6.45, 7) is 8.71. The molecule has 2 N–H and O–H groups in total. The molecule has 1 aromatic rings. The van der Waals surface area contributed by atoms with Gasteiger partial charge in [0.15, 0.2) is 0 Å². The van der Waals surface area contributed by atoms with Crippen molar-refractivity contribution in [1.29, 1.82) is 0 Å². The monoisotopic (exact) mass is 308 g/mol. The second-order valence-corrected chi connectivity index (χ2v) is 6.14. The van der Waals surface area contributed by atoms with Crippen LogP contribution in [0.1, 0.15) is 44.6 Å². The molecule has 0 amide bonds. The summed E-state index contributed by atoms with van der Waals surface area (Å²) in [5.41, 5.74) is 7.00. The van der Waals surface area contributed by atoms with Crippen molar-refractivity contribution in [2.75, 3.05) is 32.8 Å². The number of nitrogens with zero attached hydrogens (tertiary/aromatic N) is 1. The topological polar surface area (TPSA) is 38.5 Å². The summed E-state index contributed by atoms with van der Waals surface area (Å²) in [4.78, 5) is 2.51. The van der Waals surface area contributed by atoms with Crippen LogP contribution in [0.15, 0.2) is 18.2 Å². The van der Waals surface area contributed by atoms with Crippen LogP contribution in [0.25, 0.3) is 0 Å². The summed E-state index contributed by atoms with van der Waals surface area (Å²) in [5, 5.41) is 0. The molecule has 1 fully saturated rings. The van der Waals surface area contributed by atoms with E-state index in [2.05, 4.69) is 11.8 Å². The second kappa shape index (κ2) is 8.49. The molecule has 1 saturated heterocycles. The number of benzene rings is 1. The smallest absolute Gasteiger partial charge is 0.123 e. The molecule has 0 radical (unpaired) electrons. The first-order valence-corrected chi connectivity index (χ1v) is 8.54. The van der Waals surface area contributed by atoms with Crippen LogP contribution in [0.4, 0.5) is 4.39 Å². The molecule has 0 saturated carbocycles. The van der Waals surface area contributed by atoms with Gasteiger partial charge in [0.25, 0.3) is 0 Å². The van der Waals surface area contributed by atoms with Gasteiger partial charge in [-0.1, -0.05) is 6.92 Å². The fourth-order valence-electron chi connectivity index (χ4n) is 3.56. The molecule has 4 heteroatoms. The van der Waals surface area contributed by atoms with Crippen LogP contribution in [0, 0.1) is 11.7 Å². The normalized spacial score (nSPS) is 18.4. The number of hydrogen-bond donors (Lipinski definition) is 1. The molecule has 0 aromatic heterocycles. The highest BCUT2D eigenvalue weighted by molar-refractivity contribution is 5.37. The Morgan fingerprint density at radius 2 is 2.05 bits per heavy atom. The lowest BCUT2D eigenvalue weighted by Crippen LogP contribution is -2.37. The minimum absolute atomic E-state index is 0.182. The quantitative estimate of drug-likeness (QED) is 0.839. The van der Waals surface area contributed by atoms with Crippen molar-refractivity contribution in [3.8, 4) is 5.75 Å². The first kappa shape index (κ1) is 17.2. The predicted octanol–water partition coefficient (Wildman–Crippen LogP) is 3.39. The molecule has 1 aliphatic rings. The van der Waals surface area contributed by atoms with Crippen molar-refractivity contribution < 1.29 is 9.13 Å². The zero-order valence-electron chi connectivity index (χ0n) is 13.9. The molecule has 0 bridgehead atoms. The van der Waals surface area contributed by atoms with Gasteiger partial charge >= 0.3 is 0 Å². The van der Waals surface area contributed by atoms with Gasteiger partial charge < -0.3 is 15.4 Å². The van der Waals surface area contributed by atoms with Gasteiger partial charge in [0.1, 0.15) is 11.6 Å². The highest BCUT2D eigenvalue weighted by atomic mass is 19.1. The zero-order valence-corrected chi connectivity index (χ0v) is 13.9. The molecule has 1 aliphatic heterocycles. The summed E-state index contributed by atoms with van der Waals surface area (Å²) in [6.07, 6.45) is 3.46. The van der Waals surface area contributed by atoms with E-state index >= 15 is 0 Å². The molecule has 2 rings (SSSR count). The molecule has 1 atom stereocenters. The number of likely N-dealkylation sites (tertiary alicyclic amines) is 1. The van der Waals surface area contributed by atoms with Crippen LogP contribution < -0.4 is 10.5 Å². The van der Waals surface area contributed by atoms with E-state index in [0.29, 0.717) is 19.1 Å². The van der Waals surface area contributed by atoms with Crippen LogP contribution in [0.5, 0.6) is 5.75 Å². The molecule has 0 aliphatic carbocycles. The van der Waals surface area contributed by atoms with Crippen molar-refractivity contribution >= 4 is 0 Å². The van der Waals surface area contributed by atoms with Gasteiger partial charge in [-0.2, -0.15) is 0 Å². The second-order valence-electron chi connectivity index (χ2n) is 6.14. The van der Waals surface area contributed by atoms with E-state index in [1.54, 1.807) is 12.1 Å². The molecule has 3 nitrogen and oxygen atoms in total. The number of piperidine rings is 1. The standard InChI is InChI=1S/C18H29FN2O/c1-3-9-21-10-7-14(8-11-21)17(13-20)16-12-15(19)5-6-18(16)22-4-2/h5-6,12,14,17H,3-4,7-11,13,20H2,1-2H3. The number of hydrogen-bond acceptors (Lipinski definition) is 3. The summed E-state index contributed by atoms with van der Waals surface area (Å²) >= 11 is 0. The third-order valence-electron chi connectivity index (χ3n) is 4.67. The van der Waals surface area contributed by atoms with Crippen LogP contribution in [0.2, 0.25) is 0 Å². The Morgan fingerprint density at radius 1 is 1.32 bits per heavy atom. The third kappa shape index (κ3) is 4.20. The number of ether oxygens (including phenoxy) is 1. The van der Waals surface area contributed by atoms with E-state index in [0.717, 1.165) is 37.2 Å². The molecule has 124 valence electrons. The molecule has 1 aromatic carbocycles. The Balaban J connectivity index is 2.13.